The predicted octanol–water partition coefficient (Wildman–Crippen LogP) is 4.76. The zero-order valence-electron chi connectivity index (χ0n) is 19.1. The third-order valence-corrected chi connectivity index (χ3v) is 7.71. The normalized spacial score (nSPS) is 18.8. The van der Waals surface area contributed by atoms with E-state index in [0.717, 1.165) is 12.8 Å². The van der Waals surface area contributed by atoms with Crippen LogP contribution in [0, 0.1) is 5.82 Å². The van der Waals surface area contributed by atoms with Crippen LogP contribution in [0.5, 0.6) is 11.5 Å². The first-order valence-electron chi connectivity index (χ1n) is 10.8. The highest BCUT2D eigenvalue weighted by Crippen LogP contribution is 2.37. The van der Waals surface area contributed by atoms with Gasteiger partial charge in [-0.3, -0.25) is 0 Å². The fourth-order valence-corrected chi connectivity index (χ4v) is 5.04. The fourth-order valence-electron chi connectivity index (χ4n) is 4.10. The lowest BCUT2D eigenvalue weighted by atomic mass is 9.93. The number of rotatable bonds is 7. The van der Waals surface area contributed by atoms with Gasteiger partial charge in [-0.1, -0.05) is 11.6 Å². The molecule has 1 aliphatic carbocycles. The highest BCUT2D eigenvalue weighted by atomic mass is 35.5. The monoisotopic (exact) mass is 508 g/mol. The summed E-state index contributed by atoms with van der Waals surface area (Å²) in [6.07, 6.45) is 5.44. The van der Waals surface area contributed by atoms with Gasteiger partial charge in [0.1, 0.15) is 18.0 Å². The smallest absolute Gasteiger partial charge is 0.211 e. The second-order valence-electron chi connectivity index (χ2n) is 8.32. The van der Waals surface area contributed by atoms with Gasteiger partial charge in [-0.25, -0.2) is 27.1 Å². The molecule has 1 saturated carbocycles. The number of benzene rings is 2. The summed E-state index contributed by atoms with van der Waals surface area (Å²) < 4.78 is 50.5. The molecule has 11 heteroatoms. The summed E-state index contributed by atoms with van der Waals surface area (Å²) in [7, 11) is -0.0432. The minimum atomic E-state index is -3.23. The van der Waals surface area contributed by atoms with E-state index < -0.39 is 15.8 Å². The van der Waals surface area contributed by atoms with Crippen LogP contribution in [0.15, 0.2) is 36.7 Å². The summed E-state index contributed by atoms with van der Waals surface area (Å²) in [4.78, 5) is 8.66. The molecule has 0 amide bonds. The van der Waals surface area contributed by atoms with Gasteiger partial charge in [-0.2, -0.15) is 0 Å². The van der Waals surface area contributed by atoms with Gasteiger partial charge in [-0.15, -0.1) is 0 Å². The van der Waals surface area contributed by atoms with Gasteiger partial charge >= 0.3 is 0 Å². The average Bonchev–Trinajstić information content (AvgIpc) is 2.81. The first-order valence-corrected chi connectivity index (χ1v) is 13.0. The number of sulfonamides is 1. The number of ether oxygens (including phenoxy) is 2. The molecule has 8 nitrogen and oxygen atoms in total. The topological polar surface area (TPSA) is 93.7 Å². The Morgan fingerprint density at radius 1 is 1.12 bits per heavy atom. The largest absolute Gasteiger partial charge is 0.493 e. The Morgan fingerprint density at radius 2 is 1.85 bits per heavy atom. The summed E-state index contributed by atoms with van der Waals surface area (Å²) in [5.74, 6) is 1.10. The van der Waals surface area contributed by atoms with Crippen molar-refractivity contribution in [3.05, 3.63) is 47.5 Å². The van der Waals surface area contributed by atoms with Crippen molar-refractivity contribution in [2.75, 3.05) is 25.7 Å². The van der Waals surface area contributed by atoms with Gasteiger partial charge in [0.05, 0.1) is 30.0 Å². The molecule has 34 heavy (non-hydrogen) atoms. The summed E-state index contributed by atoms with van der Waals surface area (Å²) in [6.45, 7) is 0. The van der Waals surface area contributed by atoms with E-state index in [4.69, 9.17) is 21.1 Å². The van der Waals surface area contributed by atoms with Crippen molar-refractivity contribution in [3.8, 4) is 11.5 Å². The highest BCUT2D eigenvalue weighted by molar-refractivity contribution is 7.88. The van der Waals surface area contributed by atoms with Gasteiger partial charge in [0, 0.05) is 30.2 Å². The van der Waals surface area contributed by atoms with E-state index in [0.29, 0.717) is 46.7 Å². The molecule has 182 valence electrons. The standard InChI is InChI=1S/C23H26ClFN4O4S/c1-29(34(3,30)31)15-5-7-16(8-6-15)33-22-11-17-20(12-21(22)32-2)26-13-27-23(17)28-14-4-9-19(25)18(24)10-14/h4,9-13,15-16H,5-8H2,1-3H3,(H,26,27,28). The quantitative estimate of drug-likeness (QED) is 0.492. The third-order valence-electron chi connectivity index (χ3n) is 6.08. The molecule has 1 aromatic heterocycles. The maximum Gasteiger partial charge on any atom is 0.211 e. The number of halogens is 2. The maximum atomic E-state index is 13.5. The van der Waals surface area contributed by atoms with Crippen LogP contribution in [-0.4, -0.2) is 55.3 Å². The molecular formula is C23H26ClFN4O4S. The molecule has 0 bridgehead atoms. The molecule has 0 radical (unpaired) electrons. The molecule has 4 rings (SSSR count). The van der Waals surface area contributed by atoms with Crippen molar-refractivity contribution in [1.82, 2.24) is 14.3 Å². The van der Waals surface area contributed by atoms with Gasteiger partial charge in [0.2, 0.25) is 10.0 Å². The second-order valence-corrected chi connectivity index (χ2v) is 10.8. The van der Waals surface area contributed by atoms with Gasteiger partial charge in [0.25, 0.3) is 0 Å². The van der Waals surface area contributed by atoms with Crippen LogP contribution >= 0.6 is 11.6 Å². The molecule has 0 unspecified atom stereocenters. The fraction of sp³-hybridized carbons (Fsp3) is 0.391. The number of methoxy groups -OCH3 is 1. The first kappa shape index (κ1) is 24.4. The Bertz CT molecular complexity index is 1300. The van der Waals surface area contributed by atoms with Gasteiger partial charge in [-0.05, 0) is 49.9 Å². The van der Waals surface area contributed by atoms with Gasteiger partial charge in [0.15, 0.2) is 11.5 Å². The summed E-state index contributed by atoms with van der Waals surface area (Å²) in [6, 6.07) is 7.90. The molecule has 2 aromatic carbocycles. The molecule has 1 heterocycles. The van der Waals surface area contributed by atoms with E-state index in [1.807, 2.05) is 6.07 Å². The Labute approximate surface area is 203 Å². The lowest BCUT2D eigenvalue weighted by Gasteiger charge is -2.33. The number of aromatic nitrogens is 2. The predicted molar refractivity (Wildman–Crippen MR) is 130 cm³/mol. The van der Waals surface area contributed by atoms with Crippen LogP contribution in [0.25, 0.3) is 10.9 Å². The number of anilines is 2. The van der Waals surface area contributed by atoms with E-state index in [1.54, 1.807) is 26.3 Å². The molecule has 0 aliphatic heterocycles. The third kappa shape index (κ3) is 5.34. The molecule has 1 fully saturated rings. The molecule has 1 N–H and O–H groups in total. The van der Waals surface area contributed by atoms with Crippen LogP contribution in [0.3, 0.4) is 0 Å². The Morgan fingerprint density at radius 3 is 2.50 bits per heavy atom. The maximum absolute atomic E-state index is 13.5. The van der Waals surface area contributed by atoms with Crippen LogP contribution in [-0.2, 0) is 10.0 Å². The van der Waals surface area contributed by atoms with Crippen molar-refractivity contribution in [1.29, 1.82) is 0 Å². The Hall–Kier alpha value is -2.69. The lowest BCUT2D eigenvalue weighted by Crippen LogP contribution is -2.40. The molecule has 0 atom stereocenters. The van der Waals surface area contributed by atoms with Crippen molar-refractivity contribution in [2.24, 2.45) is 0 Å². The number of hydrogen-bond acceptors (Lipinski definition) is 7. The molecule has 0 spiro atoms. The van der Waals surface area contributed by atoms with Crippen LogP contribution < -0.4 is 14.8 Å². The zero-order chi connectivity index (χ0) is 24.5. The number of fused-ring (bicyclic) bond motifs is 1. The SMILES string of the molecule is COc1cc2ncnc(Nc3ccc(F)c(Cl)c3)c2cc1OC1CCC(N(C)S(C)(=O)=O)CC1. The molecule has 1 aliphatic rings. The van der Waals surface area contributed by atoms with Crippen LogP contribution in [0.4, 0.5) is 15.9 Å². The summed E-state index contributed by atoms with van der Waals surface area (Å²) >= 11 is 5.91. The Kier molecular flexibility index (Phi) is 7.11. The van der Waals surface area contributed by atoms with E-state index in [1.165, 1.54) is 29.0 Å². The van der Waals surface area contributed by atoms with E-state index in [9.17, 15) is 12.8 Å². The van der Waals surface area contributed by atoms with E-state index in [2.05, 4.69) is 15.3 Å². The zero-order valence-corrected chi connectivity index (χ0v) is 20.7. The van der Waals surface area contributed by atoms with E-state index in [-0.39, 0.29) is 17.2 Å². The molecule has 3 aromatic rings. The first-order chi connectivity index (χ1) is 16.2. The molecule has 0 saturated heterocycles. The van der Waals surface area contributed by atoms with Crippen LogP contribution in [0.2, 0.25) is 5.02 Å². The summed E-state index contributed by atoms with van der Waals surface area (Å²) in [5, 5.41) is 3.86. The van der Waals surface area contributed by atoms with Crippen molar-refractivity contribution in [3.63, 3.8) is 0 Å². The number of nitrogens with one attached hydrogen (secondary N) is 1. The Balaban J connectivity index is 1.57. The highest BCUT2D eigenvalue weighted by Gasteiger charge is 2.29. The summed E-state index contributed by atoms with van der Waals surface area (Å²) in [5.41, 5.74) is 1.23. The minimum Gasteiger partial charge on any atom is -0.493 e. The molecular weight excluding hydrogens is 483 g/mol. The van der Waals surface area contributed by atoms with Crippen molar-refractivity contribution >= 4 is 44.0 Å². The van der Waals surface area contributed by atoms with Crippen molar-refractivity contribution in [2.45, 2.75) is 37.8 Å². The minimum absolute atomic E-state index is 0.00572. The lowest BCUT2D eigenvalue weighted by molar-refractivity contribution is 0.122. The second kappa shape index (κ2) is 9.89. The number of hydrogen-bond donors (Lipinski definition) is 1. The average molecular weight is 509 g/mol. The van der Waals surface area contributed by atoms with Gasteiger partial charge < -0.3 is 14.8 Å². The van der Waals surface area contributed by atoms with Crippen LogP contribution in [0.1, 0.15) is 25.7 Å². The van der Waals surface area contributed by atoms with E-state index >= 15 is 0 Å². The van der Waals surface area contributed by atoms with Crippen molar-refractivity contribution < 1.29 is 22.3 Å². The number of nitrogens with zero attached hydrogens (tertiary/aromatic N) is 3.